The van der Waals surface area contributed by atoms with Crippen molar-refractivity contribution in [1.82, 2.24) is 0 Å². The summed E-state index contributed by atoms with van der Waals surface area (Å²) in [6.07, 6.45) is 2.91. The summed E-state index contributed by atoms with van der Waals surface area (Å²) < 4.78 is 6.86. The Morgan fingerprint density at radius 1 is 1.50 bits per heavy atom. The smallest absolute Gasteiger partial charge is 0.130 e. The molecule has 0 N–H and O–H groups in total. The third kappa shape index (κ3) is 2.02. The summed E-state index contributed by atoms with van der Waals surface area (Å²) in [6.45, 7) is 2.87. The Balaban J connectivity index is 2.28. The molecule has 2 unspecified atom stereocenters. The van der Waals surface area contributed by atoms with Crippen LogP contribution in [0.3, 0.4) is 0 Å². The van der Waals surface area contributed by atoms with E-state index in [1.807, 2.05) is 24.3 Å². The fraction of sp³-hybridized carbons (Fsp3) is 0.462. The SMILES string of the molecule is CCC1(C(C=O)c2ccc(I)cc2)CCO1. The van der Waals surface area contributed by atoms with Crippen molar-refractivity contribution in [2.75, 3.05) is 6.61 Å². The summed E-state index contributed by atoms with van der Waals surface area (Å²) in [4.78, 5) is 11.3. The van der Waals surface area contributed by atoms with Gasteiger partial charge in [-0.1, -0.05) is 19.1 Å². The molecule has 2 nitrogen and oxygen atoms in total. The van der Waals surface area contributed by atoms with Gasteiger partial charge in [0.25, 0.3) is 0 Å². The largest absolute Gasteiger partial charge is 0.374 e. The molecule has 0 amide bonds. The lowest BCUT2D eigenvalue weighted by Gasteiger charge is -2.45. The second-order valence-corrected chi connectivity index (χ2v) is 5.43. The Labute approximate surface area is 110 Å². The summed E-state index contributed by atoms with van der Waals surface area (Å²) >= 11 is 2.27. The normalized spacial score (nSPS) is 25.9. The van der Waals surface area contributed by atoms with Crippen LogP contribution in [0.25, 0.3) is 0 Å². The van der Waals surface area contributed by atoms with Crippen LogP contribution in [0.2, 0.25) is 0 Å². The van der Waals surface area contributed by atoms with Crippen molar-refractivity contribution >= 4 is 28.9 Å². The highest BCUT2D eigenvalue weighted by atomic mass is 127. The summed E-state index contributed by atoms with van der Waals surface area (Å²) in [5, 5.41) is 0. The van der Waals surface area contributed by atoms with E-state index in [1.54, 1.807) is 0 Å². The molecule has 86 valence electrons. The van der Waals surface area contributed by atoms with Crippen molar-refractivity contribution in [3.8, 4) is 0 Å². The molecular formula is C13H15IO2. The van der Waals surface area contributed by atoms with E-state index in [9.17, 15) is 4.79 Å². The molecule has 1 aromatic rings. The van der Waals surface area contributed by atoms with Gasteiger partial charge in [0.2, 0.25) is 0 Å². The number of carbonyl (C=O) groups is 1. The number of hydrogen-bond donors (Lipinski definition) is 0. The van der Waals surface area contributed by atoms with Crippen molar-refractivity contribution < 1.29 is 9.53 Å². The summed E-state index contributed by atoms with van der Waals surface area (Å²) in [5.41, 5.74) is 0.825. The van der Waals surface area contributed by atoms with Gasteiger partial charge in [-0.25, -0.2) is 0 Å². The van der Waals surface area contributed by atoms with Gasteiger partial charge in [-0.3, -0.25) is 0 Å². The molecule has 16 heavy (non-hydrogen) atoms. The van der Waals surface area contributed by atoms with Crippen LogP contribution in [0, 0.1) is 3.57 Å². The van der Waals surface area contributed by atoms with E-state index < -0.39 is 0 Å². The van der Waals surface area contributed by atoms with Crippen LogP contribution in [0.4, 0.5) is 0 Å². The molecule has 1 aliphatic rings. The second-order valence-electron chi connectivity index (χ2n) is 4.18. The molecular weight excluding hydrogens is 315 g/mol. The zero-order valence-corrected chi connectivity index (χ0v) is 11.4. The third-order valence-corrected chi connectivity index (χ3v) is 4.16. The Morgan fingerprint density at radius 2 is 2.12 bits per heavy atom. The standard InChI is InChI=1S/C13H15IO2/c1-2-13(7-8-16-13)12(9-15)10-3-5-11(14)6-4-10/h3-6,9,12H,2,7-8H2,1H3. The molecule has 2 atom stereocenters. The number of halogens is 1. The maximum atomic E-state index is 11.3. The Bertz CT molecular complexity index is 363. The minimum atomic E-state index is -0.242. The van der Waals surface area contributed by atoms with Crippen LogP contribution in [0.15, 0.2) is 24.3 Å². The van der Waals surface area contributed by atoms with Crippen molar-refractivity contribution in [2.45, 2.75) is 31.3 Å². The van der Waals surface area contributed by atoms with E-state index in [2.05, 4.69) is 29.5 Å². The fourth-order valence-corrected chi connectivity index (χ4v) is 2.64. The van der Waals surface area contributed by atoms with E-state index in [0.717, 1.165) is 31.3 Å². The first-order valence-corrected chi connectivity index (χ1v) is 6.64. The number of ether oxygens (including phenoxy) is 1. The number of aldehydes is 1. The predicted octanol–water partition coefficient (Wildman–Crippen LogP) is 3.14. The molecule has 0 saturated carbocycles. The maximum Gasteiger partial charge on any atom is 0.130 e. The molecule has 1 heterocycles. The minimum absolute atomic E-state index is 0.122. The number of hydrogen-bond acceptors (Lipinski definition) is 2. The van der Waals surface area contributed by atoms with E-state index in [4.69, 9.17) is 4.74 Å². The molecule has 2 rings (SSSR count). The van der Waals surface area contributed by atoms with Crippen LogP contribution in [0.5, 0.6) is 0 Å². The molecule has 3 heteroatoms. The van der Waals surface area contributed by atoms with Gasteiger partial charge in [0.1, 0.15) is 6.29 Å². The Morgan fingerprint density at radius 3 is 2.50 bits per heavy atom. The lowest BCUT2D eigenvalue weighted by atomic mass is 9.76. The van der Waals surface area contributed by atoms with E-state index in [-0.39, 0.29) is 11.5 Å². The van der Waals surface area contributed by atoms with Gasteiger partial charge in [-0.2, -0.15) is 0 Å². The van der Waals surface area contributed by atoms with E-state index in [0.29, 0.717) is 0 Å². The van der Waals surface area contributed by atoms with Gasteiger partial charge in [0.15, 0.2) is 0 Å². The van der Waals surface area contributed by atoms with Crippen LogP contribution < -0.4 is 0 Å². The monoisotopic (exact) mass is 330 g/mol. The number of rotatable bonds is 4. The van der Waals surface area contributed by atoms with Crippen molar-refractivity contribution in [2.24, 2.45) is 0 Å². The fourth-order valence-electron chi connectivity index (χ4n) is 2.28. The molecule has 0 aliphatic carbocycles. The lowest BCUT2D eigenvalue weighted by Crippen LogP contribution is -2.48. The third-order valence-electron chi connectivity index (χ3n) is 3.45. The molecule has 1 aromatic carbocycles. The van der Waals surface area contributed by atoms with Crippen molar-refractivity contribution in [1.29, 1.82) is 0 Å². The molecule has 0 radical (unpaired) electrons. The second kappa shape index (κ2) is 4.84. The summed E-state index contributed by atoms with van der Waals surface area (Å²) in [6, 6.07) is 8.13. The van der Waals surface area contributed by atoms with E-state index >= 15 is 0 Å². The van der Waals surface area contributed by atoms with Gasteiger partial charge < -0.3 is 9.53 Å². The average molecular weight is 330 g/mol. The van der Waals surface area contributed by atoms with E-state index in [1.165, 1.54) is 3.57 Å². The predicted molar refractivity (Wildman–Crippen MR) is 71.6 cm³/mol. The zero-order chi connectivity index (χ0) is 11.6. The molecule has 1 aliphatic heterocycles. The Hall–Kier alpha value is -0.420. The first-order valence-electron chi connectivity index (χ1n) is 5.56. The molecule has 0 spiro atoms. The first kappa shape index (κ1) is 12.0. The lowest BCUT2D eigenvalue weighted by molar-refractivity contribution is -0.166. The van der Waals surface area contributed by atoms with Crippen LogP contribution >= 0.6 is 22.6 Å². The minimum Gasteiger partial charge on any atom is -0.374 e. The highest BCUT2D eigenvalue weighted by molar-refractivity contribution is 14.1. The van der Waals surface area contributed by atoms with Crippen LogP contribution in [0.1, 0.15) is 31.2 Å². The van der Waals surface area contributed by atoms with Crippen LogP contribution in [-0.2, 0) is 9.53 Å². The van der Waals surface area contributed by atoms with Gasteiger partial charge in [-0.15, -0.1) is 0 Å². The highest BCUT2D eigenvalue weighted by Crippen LogP contribution is 2.41. The van der Waals surface area contributed by atoms with Gasteiger partial charge in [-0.05, 0) is 46.7 Å². The zero-order valence-electron chi connectivity index (χ0n) is 9.28. The van der Waals surface area contributed by atoms with Crippen molar-refractivity contribution in [3.05, 3.63) is 33.4 Å². The average Bonchev–Trinajstić information content (AvgIpc) is 2.25. The number of benzene rings is 1. The maximum absolute atomic E-state index is 11.3. The molecule has 1 saturated heterocycles. The number of carbonyl (C=O) groups excluding carboxylic acids is 1. The van der Waals surface area contributed by atoms with Gasteiger partial charge >= 0.3 is 0 Å². The summed E-state index contributed by atoms with van der Waals surface area (Å²) in [7, 11) is 0. The Kier molecular flexibility index (Phi) is 3.64. The first-order chi connectivity index (χ1) is 7.72. The van der Waals surface area contributed by atoms with Crippen molar-refractivity contribution in [3.63, 3.8) is 0 Å². The topological polar surface area (TPSA) is 26.3 Å². The van der Waals surface area contributed by atoms with Crippen LogP contribution in [-0.4, -0.2) is 18.5 Å². The molecule has 1 fully saturated rings. The molecule has 0 aromatic heterocycles. The van der Waals surface area contributed by atoms with Gasteiger partial charge in [0, 0.05) is 9.99 Å². The van der Waals surface area contributed by atoms with Gasteiger partial charge in [0.05, 0.1) is 18.1 Å². The summed E-state index contributed by atoms with van der Waals surface area (Å²) in [5.74, 6) is -0.122. The quantitative estimate of drug-likeness (QED) is 0.626. The highest BCUT2D eigenvalue weighted by Gasteiger charge is 2.44. The molecule has 0 bridgehead atoms.